The van der Waals surface area contributed by atoms with E-state index in [1.807, 2.05) is 55.5 Å². The molecule has 0 aliphatic rings. The number of aromatic nitrogens is 1. The second-order valence-corrected chi connectivity index (χ2v) is 6.00. The van der Waals surface area contributed by atoms with Crippen molar-refractivity contribution in [2.75, 3.05) is 17.2 Å². The lowest BCUT2D eigenvalue weighted by atomic mass is 10.2. The maximum absolute atomic E-state index is 12.2. The summed E-state index contributed by atoms with van der Waals surface area (Å²) in [5.74, 6) is -0.0488. The Bertz CT molecular complexity index is 874. The zero-order valence-corrected chi connectivity index (χ0v) is 14.1. The minimum atomic E-state index is -0.0488. The number of para-hydroxylation sites is 1. The Morgan fingerprint density at radius 2 is 1.96 bits per heavy atom. The predicted molar refractivity (Wildman–Crippen MR) is 99.7 cm³/mol. The van der Waals surface area contributed by atoms with Gasteiger partial charge < -0.3 is 10.6 Å². The number of fused-ring (bicyclic) bond motifs is 1. The standard InChI is InChI=1S/C19H18ClN3O/c1-13-12-15(20)7-8-16(13)21-11-9-18(24)23-17-6-2-4-14-5-3-10-22-19(14)17/h2-8,10,12,21H,9,11H2,1H3,(H,23,24). The number of benzene rings is 2. The van der Waals surface area contributed by atoms with E-state index >= 15 is 0 Å². The summed E-state index contributed by atoms with van der Waals surface area (Å²) in [6, 6.07) is 15.3. The van der Waals surface area contributed by atoms with E-state index in [-0.39, 0.29) is 5.91 Å². The summed E-state index contributed by atoms with van der Waals surface area (Å²) in [7, 11) is 0. The van der Waals surface area contributed by atoms with E-state index < -0.39 is 0 Å². The van der Waals surface area contributed by atoms with Crippen LogP contribution in [0.3, 0.4) is 0 Å². The third-order valence-electron chi connectivity index (χ3n) is 3.76. The summed E-state index contributed by atoms with van der Waals surface area (Å²) in [5.41, 5.74) is 3.58. The SMILES string of the molecule is Cc1cc(Cl)ccc1NCCC(=O)Nc1cccc2cccnc12. The van der Waals surface area contributed by atoms with Gasteiger partial charge in [0.2, 0.25) is 5.91 Å². The van der Waals surface area contributed by atoms with Crippen LogP contribution in [0.15, 0.2) is 54.7 Å². The quantitative estimate of drug-likeness (QED) is 0.712. The van der Waals surface area contributed by atoms with Crippen molar-refractivity contribution < 1.29 is 4.79 Å². The first kappa shape index (κ1) is 16.3. The van der Waals surface area contributed by atoms with Crippen molar-refractivity contribution in [3.8, 4) is 0 Å². The van der Waals surface area contributed by atoms with Crippen LogP contribution in [0.2, 0.25) is 5.02 Å². The van der Waals surface area contributed by atoms with Gasteiger partial charge in [-0.15, -0.1) is 0 Å². The van der Waals surface area contributed by atoms with Gasteiger partial charge in [-0.1, -0.05) is 29.8 Å². The van der Waals surface area contributed by atoms with E-state index in [9.17, 15) is 4.79 Å². The number of carbonyl (C=O) groups is 1. The molecule has 1 amide bonds. The van der Waals surface area contributed by atoms with Crippen LogP contribution in [0, 0.1) is 6.92 Å². The molecule has 5 heteroatoms. The number of rotatable bonds is 5. The molecule has 0 unspecified atom stereocenters. The van der Waals surface area contributed by atoms with Crippen LogP contribution in [0.25, 0.3) is 10.9 Å². The molecule has 0 saturated carbocycles. The second-order valence-electron chi connectivity index (χ2n) is 5.56. The van der Waals surface area contributed by atoms with Gasteiger partial charge in [0.15, 0.2) is 0 Å². The van der Waals surface area contributed by atoms with Gasteiger partial charge in [0.05, 0.1) is 11.2 Å². The Morgan fingerprint density at radius 1 is 1.12 bits per heavy atom. The number of aryl methyl sites for hydroxylation is 1. The number of hydrogen-bond donors (Lipinski definition) is 2. The van der Waals surface area contributed by atoms with Crippen molar-refractivity contribution in [2.24, 2.45) is 0 Å². The molecule has 2 aromatic carbocycles. The van der Waals surface area contributed by atoms with Crippen LogP contribution < -0.4 is 10.6 Å². The predicted octanol–water partition coefficient (Wildman–Crippen LogP) is 4.64. The normalized spacial score (nSPS) is 10.6. The maximum atomic E-state index is 12.2. The molecular formula is C19H18ClN3O. The van der Waals surface area contributed by atoms with Gasteiger partial charge in [0.25, 0.3) is 0 Å². The van der Waals surface area contributed by atoms with Gasteiger partial charge in [-0.2, -0.15) is 0 Å². The Labute approximate surface area is 145 Å². The molecule has 0 atom stereocenters. The molecule has 0 aliphatic heterocycles. The Balaban J connectivity index is 1.59. The van der Waals surface area contributed by atoms with Crippen molar-refractivity contribution in [3.05, 3.63) is 65.3 Å². The van der Waals surface area contributed by atoms with Crippen LogP contribution in [0.1, 0.15) is 12.0 Å². The first-order valence-electron chi connectivity index (χ1n) is 7.77. The van der Waals surface area contributed by atoms with Gasteiger partial charge >= 0.3 is 0 Å². The molecule has 0 spiro atoms. The average molecular weight is 340 g/mol. The molecule has 4 nitrogen and oxygen atoms in total. The smallest absolute Gasteiger partial charge is 0.226 e. The summed E-state index contributed by atoms with van der Waals surface area (Å²) >= 11 is 5.94. The lowest BCUT2D eigenvalue weighted by Crippen LogP contribution is -2.16. The average Bonchev–Trinajstić information content (AvgIpc) is 2.57. The van der Waals surface area contributed by atoms with Crippen LogP contribution in [0.4, 0.5) is 11.4 Å². The molecule has 0 bridgehead atoms. The van der Waals surface area contributed by atoms with E-state index in [0.29, 0.717) is 18.0 Å². The monoisotopic (exact) mass is 339 g/mol. The summed E-state index contributed by atoms with van der Waals surface area (Å²) in [6.45, 7) is 2.53. The van der Waals surface area contributed by atoms with Gasteiger partial charge in [-0.05, 0) is 42.8 Å². The van der Waals surface area contributed by atoms with Crippen LogP contribution >= 0.6 is 11.6 Å². The highest BCUT2D eigenvalue weighted by Gasteiger charge is 2.07. The number of anilines is 2. The molecule has 3 rings (SSSR count). The number of amides is 1. The van der Waals surface area contributed by atoms with Gasteiger partial charge in [0.1, 0.15) is 0 Å². The van der Waals surface area contributed by atoms with Crippen LogP contribution in [-0.2, 0) is 4.79 Å². The lowest BCUT2D eigenvalue weighted by molar-refractivity contribution is -0.115. The van der Waals surface area contributed by atoms with Crippen molar-refractivity contribution in [2.45, 2.75) is 13.3 Å². The van der Waals surface area contributed by atoms with Crippen molar-refractivity contribution in [1.29, 1.82) is 0 Å². The van der Waals surface area contributed by atoms with Gasteiger partial charge in [0, 0.05) is 35.3 Å². The molecule has 122 valence electrons. The van der Waals surface area contributed by atoms with Gasteiger partial charge in [-0.3, -0.25) is 9.78 Å². The summed E-state index contributed by atoms with van der Waals surface area (Å²) in [5, 5.41) is 7.90. The fourth-order valence-electron chi connectivity index (χ4n) is 2.55. The molecule has 0 aliphatic carbocycles. The van der Waals surface area contributed by atoms with E-state index in [1.165, 1.54) is 0 Å². The van der Waals surface area contributed by atoms with E-state index in [0.717, 1.165) is 27.8 Å². The topological polar surface area (TPSA) is 54.0 Å². The number of pyridine rings is 1. The molecule has 0 saturated heterocycles. The van der Waals surface area contributed by atoms with Crippen molar-refractivity contribution in [1.82, 2.24) is 4.98 Å². The first-order valence-corrected chi connectivity index (χ1v) is 8.15. The third-order valence-corrected chi connectivity index (χ3v) is 4.00. The third kappa shape index (κ3) is 3.84. The Morgan fingerprint density at radius 3 is 2.79 bits per heavy atom. The van der Waals surface area contributed by atoms with E-state index in [2.05, 4.69) is 15.6 Å². The highest BCUT2D eigenvalue weighted by atomic mass is 35.5. The number of halogens is 1. The molecule has 0 radical (unpaired) electrons. The molecule has 1 aromatic heterocycles. The summed E-state index contributed by atoms with van der Waals surface area (Å²) in [6.07, 6.45) is 2.09. The first-order chi connectivity index (χ1) is 11.6. The summed E-state index contributed by atoms with van der Waals surface area (Å²) in [4.78, 5) is 16.5. The van der Waals surface area contributed by atoms with E-state index in [4.69, 9.17) is 11.6 Å². The molecule has 3 aromatic rings. The fourth-order valence-corrected chi connectivity index (χ4v) is 2.78. The maximum Gasteiger partial charge on any atom is 0.226 e. The van der Waals surface area contributed by atoms with Crippen LogP contribution in [0.5, 0.6) is 0 Å². The largest absolute Gasteiger partial charge is 0.384 e. The minimum absolute atomic E-state index is 0.0488. The number of carbonyl (C=O) groups excluding carboxylic acids is 1. The highest BCUT2D eigenvalue weighted by molar-refractivity contribution is 6.30. The minimum Gasteiger partial charge on any atom is -0.384 e. The number of nitrogens with one attached hydrogen (secondary N) is 2. The van der Waals surface area contributed by atoms with Gasteiger partial charge in [-0.25, -0.2) is 0 Å². The van der Waals surface area contributed by atoms with Crippen LogP contribution in [-0.4, -0.2) is 17.4 Å². The zero-order valence-electron chi connectivity index (χ0n) is 13.3. The molecule has 1 heterocycles. The highest BCUT2D eigenvalue weighted by Crippen LogP contribution is 2.21. The van der Waals surface area contributed by atoms with Crippen molar-refractivity contribution >= 4 is 39.8 Å². The zero-order chi connectivity index (χ0) is 16.9. The molecule has 0 fully saturated rings. The number of hydrogen-bond acceptors (Lipinski definition) is 3. The summed E-state index contributed by atoms with van der Waals surface area (Å²) < 4.78 is 0. The molecule has 24 heavy (non-hydrogen) atoms. The Kier molecular flexibility index (Phi) is 4.96. The fraction of sp³-hybridized carbons (Fsp3) is 0.158. The van der Waals surface area contributed by atoms with E-state index in [1.54, 1.807) is 6.20 Å². The molecule has 2 N–H and O–H groups in total. The van der Waals surface area contributed by atoms with Crippen molar-refractivity contribution in [3.63, 3.8) is 0 Å². The number of nitrogens with zero attached hydrogens (tertiary/aromatic N) is 1. The Hall–Kier alpha value is -2.59. The lowest BCUT2D eigenvalue weighted by Gasteiger charge is -2.11. The molecular weight excluding hydrogens is 322 g/mol. The second kappa shape index (κ2) is 7.32.